The number of amides is 2. The van der Waals surface area contributed by atoms with Crippen LogP contribution in [0.25, 0.3) is 0 Å². The number of sulfone groups is 1. The zero-order valence-corrected chi connectivity index (χ0v) is 15.2. The number of hydrogen-bond acceptors (Lipinski definition) is 4. The van der Waals surface area contributed by atoms with Gasteiger partial charge in [0.1, 0.15) is 0 Å². The van der Waals surface area contributed by atoms with Crippen LogP contribution in [0.2, 0.25) is 0 Å². The van der Waals surface area contributed by atoms with Gasteiger partial charge in [-0.15, -0.1) is 0 Å². The zero-order valence-electron chi connectivity index (χ0n) is 14.4. The molecule has 6 nitrogen and oxygen atoms in total. The first-order valence-electron chi connectivity index (χ1n) is 8.33. The fraction of sp³-hybridized carbons (Fsp3) is 0.263. The maximum Gasteiger partial charge on any atom is 0.251 e. The lowest BCUT2D eigenvalue weighted by atomic mass is 10.0. The first kappa shape index (κ1) is 18.1. The quantitative estimate of drug-likeness (QED) is 0.858. The Balaban J connectivity index is 1.73. The summed E-state index contributed by atoms with van der Waals surface area (Å²) in [5, 5.41) is 5.62. The van der Waals surface area contributed by atoms with Crippen molar-refractivity contribution in [3.05, 3.63) is 65.2 Å². The molecule has 1 aliphatic rings. The molecule has 1 atom stereocenters. The van der Waals surface area contributed by atoms with Crippen LogP contribution in [0.5, 0.6) is 0 Å². The summed E-state index contributed by atoms with van der Waals surface area (Å²) in [6.07, 6.45) is 0.353. The van der Waals surface area contributed by atoms with Crippen molar-refractivity contribution in [2.24, 2.45) is 0 Å². The van der Waals surface area contributed by atoms with Gasteiger partial charge in [-0.3, -0.25) is 9.59 Å². The van der Waals surface area contributed by atoms with Crippen LogP contribution in [0, 0.1) is 0 Å². The number of benzene rings is 2. The van der Waals surface area contributed by atoms with E-state index < -0.39 is 9.84 Å². The van der Waals surface area contributed by atoms with E-state index in [0.717, 1.165) is 5.56 Å². The maximum absolute atomic E-state index is 12.5. The van der Waals surface area contributed by atoms with Crippen LogP contribution < -0.4 is 10.6 Å². The average molecular weight is 372 g/mol. The van der Waals surface area contributed by atoms with E-state index >= 15 is 0 Å². The Bertz CT molecular complexity index is 936. The van der Waals surface area contributed by atoms with Crippen LogP contribution in [0.4, 0.5) is 0 Å². The van der Waals surface area contributed by atoms with Gasteiger partial charge in [-0.25, -0.2) is 8.42 Å². The third-order valence-electron chi connectivity index (χ3n) is 4.37. The van der Waals surface area contributed by atoms with Gasteiger partial charge < -0.3 is 10.6 Å². The highest BCUT2D eigenvalue weighted by Gasteiger charge is 2.30. The van der Waals surface area contributed by atoms with E-state index in [1.165, 1.54) is 6.92 Å². The van der Waals surface area contributed by atoms with E-state index in [1.807, 2.05) is 0 Å². The predicted octanol–water partition coefficient (Wildman–Crippen LogP) is 1.97. The lowest BCUT2D eigenvalue weighted by molar-refractivity contribution is -0.119. The molecule has 2 aromatic carbocycles. The molecule has 0 aliphatic carbocycles. The van der Waals surface area contributed by atoms with E-state index in [4.69, 9.17) is 0 Å². The second-order valence-corrected chi connectivity index (χ2v) is 8.36. The Morgan fingerprint density at radius 1 is 1.08 bits per heavy atom. The molecule has 0 spiro atoms. The number of rotatable bonds is 4. The topological polar surface area (TPSA) is 92.3 Å². The molecule has 2 aromatic rings. The smallest absolute Gasteiger partial charge is 0.251 e. The maximum atomic E-state index is 12.5. The van der Waals surface area contributed by atoms with Crippen LogP contribution in [0.1, 0.15) is 40.9 Å². The summed E-state index contributed by atoms with van der Waals surface area (Å²) < 4.78 is 24.4. The molecule has 0 saturated heterocycles. The van der Waals surface area contributed by atoms with Crippen LogP contribution in [0.15, 0.2) is 53.4 Å². The van der Waals surface area contributed by atoms with Crippen molar-refractivity contribution in [1.29, 1.82) is 0 Å². The van der Waals surface area contributed by atoms with Crippen molar-refractivity contribution in [1.82, 2.24) is 10.6 Å². The number of carbonyl (C=O) groups excluding carboxylic acids is 2. The van der Waals surface area contributed by atoms with Crippen molar-refractivity contribution in [3.63, 3.8) is 0 Å². The van der Waals surface area contributed by atoms with Gasteiger partial charge in [0, 0.05) is 19.0 Å². The molecule has 2 N–H and O–H groups in total. The molecule has 26 heavy (non-hydrogen) atoms. The second kappa shape index (κ2) is 7.29. The minimum absolute atomic E-state index is 0.0185. The zero-order chi connectivity index (χ0) is 18.7. The van der Waals surface area contributed by atoms with Crippen molar-refractivity contribution < 1.29 is 18.0 Å². The Labute approximate surface area is 152 Å². The first-order valence-corrected chi connectivity index (χ1v) is 9.98. The molecular weight excluding hydrogens is 352 g/mol. The van der Waals surface area contributed by atoms with Crippen molar-refractivity contribution in [3.8, 4) is 0 Å². The second-order valence-electron chi connectivity index (χ2n) is 6.28. The highest BCUT2D eigenvalue weighted by Crippen LogP contribution is 2.32. The van der Waals surface area contributed by atoms with Crippen LogP contribution >= 0.6 is 0 Å². The Hall–Kier alpha value is -2.67. The first-order chi connectivity index (χ1) is 12.4. The molecule has 136 valence electrons. The highest BCUT2D eigenvalue weighted by molar-refractivity contribution is 7.91. The van der Waals surface area contributed by atoms with E-state index in [2.05, 4.69) is 10.6 Å². The SMILES string of the molecule is CC(=O)NCc1ccc(C(=O)N[C@H]2CCS(=O)(=O)c3ccccc32)cc1. The van der Waals surface area contributed by atoms with E-state index in [0.29, 0.717) is 29.0 Å². The molecule has 0 fully saturated rings. The number of hydrogen-bond donors (Lipinski definition) is 2. The van der Waals surface area contributed by atoms with Gasteiger partial charge in [0.05, 0.1) is 16.7 Å². The van der Waals surface area contributed by atoms with Crippen LogP contribution in [-0.4, -0.2) is 26.0 Å². The number of nitrogens with one attached hydrogen (secondary N) is 2. The fourth-order valence-electron chi connectivity index (χ4n) is 2.98. The molecular formula is C19H20N2O4S. The molecule has 3 rings (SSSR count). The summed E-state index contributed by atoms with van der Waals surface area (Å²) in [4.78, 5) is 23.8. The molecule has 0 radical (unpaired) electrons. The van der Waals surface area contributed by atoms with Crippen molar-refractivity contribution in [2.75, 3.05) is 5.75 Å². The Morgan fingerprint density at radius 2 is 1.77 bits per heavy atom. The summed E-state index contributed by atoms with van der Waals surface area (Å²) in [6, 6.07) is 13.4. The van der Waals surface area contributed by atoms with Gasteiger partial charge in [0.2, 0.25) is 5.91 Å². The third kappa shape index (κ3) is 3.94. The van der Waals surface area contributed by atoms with Gasteiger partial charge in [0.15, 0.2) is 9.84 Å². The minimum atomic E-state index is -3.28. The predicted molar refractivity (Wildman–Crippen MR) is 97.3 cm³/mol. The largest absolute Gasteiger partial charge is 0.352 e. The third-order valence-corrected chi connectivity index (χ3v) is 6.18. The lowest BCUT2D eigenvalue weighted by Gasteiger charge is -2.26. The van der Waals surface area contributed by atoms with Gasteiger partial charge in [-0.1, -0.05) is 30.3 Å². The normalized spacial score (nSPS) is 17.8. The average Bonchev–Trinajstić information content (AvgIpc) is 2.63. The van der Waals surface area contributed by atoms with Crippen molar-refractivity contribution in [2.45, 2.75) is 30.8 Å². The molecule has 0 bridgehead atoms. The molecule has 0 saturated carbocycles. The van der Waals surface area contributed by atoms with Gasteiger partial charge >= 0.3 is 0 Å². The molecule has 0 unspecified atom stereocenters. The summed E-state index contributed by atoms with van der Waals surface area (Å²) in [7, 11) is -3.28. The minimum Gasteiger partial charge on any atom is -0.352 e. The van der Waals surface area contributed by atoms with Gasteiger partial charge in [-0.05, 0) is 35.7 Å². The van der Waals surface area contributed by atoms with Gasteiger partial charge in [-0.2, -0.15) is 0 Å². The standard InChI is InChI=1S/C19H20N2O4S/c1-13(22)20-12-14-6-8-15(9-7-14)19(23)21-17-10-11-26(24,25)18-5-3-2-4-16(17)18/h2-9,17H,10-12H2,1H3,(H,20,22)(H,21,23)/t17-/m0/s1. The summed E-state index contributed by atoms with van der Waals surface area (Å²) in [6.45, 7) is 1.86. The van der Waals surface area contributed by atoms with E-state index in [-0.39, 0.29) is 23.6 Å². The number of carbonyl (C=O) groups is 2. The highest BCUT2D eigenvalue weighted by atomic mass is 32.2. The van der Waals surface area contributed by atoms with Crippen LogP contribution in [0.3, 0.4) is 0 Å². The monoisotopic (exact) mass is 372 g/mol. The Kier molecular flexibility index (Phi) is 5.08. The van der Waals surface area contributed by atoms with E-state index in [1.54, 1.807) is 48.5 Å². The summed E-state index contributed by atoms with van der Waals surface area (Å²) >= 11 is 0. The summed E-state index contributed by atoms with van der Waals surface area (Å²) in [5.41, 5.74) is 2.02. The molecule has 2 amide bonds. The summed E-state index contributed by atoms with van der Waals surface area (Å²) in [5.74, 6) is -0.349. The molecule has 1 heterocycles. The van der Waals surface area contributed by atoms with Crippen molar-refractivity contribution >= 4 is 21.7 Å². The van der Waals surface area contributed by atoms with E-state index in [9.17, 15) is 18.0 Å². The Morgan fingerprint density at radius 3 is 2.46 bits per heavy atom. The van der Waals surface area contributed by atoms with Crippen LogP contribution in [-0.2, 0) is 21.2 Å². The lowest BCUT2D eigenvalue weighted by Crippen LogP contribution is -2.33. The molecule has 0 aromatic heterocycles. The molecule has 1 aliphatic heterocycles. The number of fused-ring (bicyclic) bond motifs is 1. The fourth-order valence-corrected chi connectivity index (χ4v) is 4.60. The molecule has 7 heteroatoms. The van der Waals surface area contributed by atoms with Gasteiger partial charge in [0.25, 0.3) is 5.91 Å².